The van der Waals surface area contributed by atoms with Gasteiger partial charge >= 0.3 is 0 Å². The summed E-state index contributed by atoms with van der Waals surface area (Å²) in [6.45, 7) is 15.8. The molecule has 0 aliphatic rings. The largest absolute Gasteiger partial charge is 0.369 e. The highest BCUT2D eigenvalue weighted by molar-refractivity contribution is 8.02. The second-order valence-electron chi connectivity index (χ2n) is 8.12. The van der Waals surface area contributed by atoms with Gasteiger partial charge in [0.15, 0.2) is 0 Å². The number of amides is 1. The van der Waals surface area contributed by atoms with E-state index >= 15 is 0 Å². The molecule has 1 unspecified atom stereocenters. The number of thioether (sulfide) groups is 1. The zero-order valence-corrected chi connectivity index (χ0v) is 23.2. The Hall–Kier alpha value is -2.91. The SMILES string of the molecule is C=C/C=C\Cc1nc(-c2c(C)nc(NCCS/C=C\C=C)nc2NCCC(CC)CNC=O)sc1C. The van der Waals surface area contributed by atoms with Crippen LogP contribution in [0.3, 0.4) is 0 Å². The van der Waals surface area contributed by atoms with Gasteiger partial charge in [-0.15, -0.1) is 23.1 Å². The number of aryl methyl sites for hydroxylation is 2. The molecule has 0 aromatic carbocycles. The van der Waals surface area contributed by atoms with Crippen molar-refractivity contribution >= 4 is 41.3 Å². The Morgan fingerprint density at radius 1 is 1.08 bits per heavy atom. The number of hydrogen-bond donors (Lipinski definition) is 3. The van der Waals surface area contributed by atoms with Crippen LogP contribution in [0.5, 0.6) is 0 Å². The fourth-order valence-electron chi connectivity index (χ4n) is 3.50. The molecule has 9 heteroatoms. The summed E-state index contributed by atoms with van der Waals surface area (Å²) in [5.41, 5.74) is 2.87. The maximum atomic E-state index is 10.7. The van der Waals surface area contributed by atoms with Crippen LogP contribution < -0.4 is 16.0 Å². The molecule has 0 radical (unpaired) electrons. The van der Waals surface area contributed by atoms with Crippen molar-refractivity contribution in [1.29, 1.82) is 0 Å². The Morgan fingerprint density at radius 3 is 2.61 bits per heavy atom. The number of carbonyl (C=O) groups is 1. The molecule has 1 atom stereocenters. The molecule has 194 valence electrons. The van der Waals surface area contributed by atoms with Crippen LogP contribution >= 0.6 is 23.1 Å². The third kappa shape index (κ3) is 9.62. The van der Waals surface area contributed by atoms with Gasteiger partial charge < -0.3 is 16.0 Å². The maximum absolute atomic E-state index is 10.7. The lowest BCUT2D eigenvalue weighted by molar-refractivity contribution is -0.109. The Kier molecular flexibility index (Phi) is 13.6. The highest BCUT2D eigenvalue weighted by atomic mass is 32.2. The van der Waals surface area contributed by atoms with Crippen molar-refractivity contribution in [2.45, 2.75) is 40.0 Å². The highest BCUT2D eigenvalue weighted by Gasteiger charge is 2.19. The summed E-state index contributed by atoms with van der Waals surface area (Å²) in [4.78, 5) is 26.4. The first-order chi connectivity index (χ1) is 17.5. The smallest absolute Gasteiger partial charge is 0.224 e. The van der Waals surface area contributed by atoms with Gasteiger partial charge in [-0.25, -0.2) is 9.97 Å². The summed E-state index contributed by atoms with van der Waals surface area (Å²) in [5.74, 6) is 2.68. The van der Waals surface area contributed by atoms with Crippen molar-refractivity contribution < 1.29 is 4.79 Å². The van der Waals surface area contributed by atoms with Crippen LogP contribution in [0.4, 0.5) is 11.8 Å². The van der Waals surface area contributed by atoms with E-state index in [0.29, 0.717) is 18.4 Å². The van der Waals surface area contributed by atoms with Crippen LogP contribution in [0.2, 0.25) is 0 Å². The van der Waals surface area contributed by atoms with E-state index < -0.39 is 0 Å². The monoisotopic (exact) mass is 526 g/mol. The Balaban J connectivity index is 2.26. The van der Waals surface area contributed by atoms with Crippen LogP contribution in [-0.2, 0) is 11.2 Å². The average Bonchev–Trinajstić information content (AvgIpc) is 3.23. The standard InChI is InChI=1S/C27H38N6OS2/c1-6-9-11-12-23-21(5)36-26(32-23)24-20(4)31-27(30-15-17-35-16-10-7-2)33-25(24)29-14-13-22(8-3)18-28-19-34/h6-7,9-11,16,19,22H,1-2,8,12-15,17-18H2,3-5H3,(H,28,34)(H2,29,30,31,33)/b11-9-,16-10-. The number of nitrogens with one attached hydrogen (secondary N) is 3. The van der Waals surface area contributed by atoms with Gasteiger partial charge in [-0.2, -0.15) is 4.98 Å². The van der Waals surface area contributed by atoms with Crippen LogP contribution in [0, 0.1) is 19.8 Å². The fourth-order valence-corrected chi connectivity index (χ4v) is 5.11. The van der Waals surface area contributed by atoms with Crippen molar-refractivity contribution in [1.82, 2.24) is 20.3 Å². The molecule has 1 amide bonds. The lowest BCUT2D eigenvalue weighted by Gasteiger charge is -2.17. The van der Waals surface area contributed by atoms with Crippen LogP contribution in [0.25, 0.3) is 10.6 Å². The summed E-state index contributed by atoms with van der Waals surface area (Å²) >= 11 is 3.37. The Labute approximate surface area is 223 Å². The molecule has 2 rings (SSSR count). The zero-order chi connectivity index (χ0) is 26.2. The molecule has 0 fully saturated rings. The second kappa shape index (κ2) is 16.7. The van der Waals surface area contributed by atoms with Crippen LogP contribution in [-0.4, -0.2) is 46.7 Å². The first-order valence-corrected chi connectivity index (χ1v) is 14.1. The summed E-state index contributed by atoms with van der Waals surface area (Å²) in [6.07, 6.45) is 12.9. The predicted octanol–water partition coefficient (Wildman–Crippen LogP) is 5.92. The summed E-state index contributed by atoms with van der Waals surface area (Å²) in [6, 6.07) is 0. The Bertz CT molecular complexity index is 1050. The van der Waals surface area contributed by atoms with E-state index in [2.05, 4.69) is 49.0 Å². The van der Waals surface area contributed by atoms with Gasteiger partial charge in [-0.1, -0.05) is 56.9 Å². The van der Waals surface area contributed by atoms with Crippen molar-refractivity contribution in [3.8, 4) is 10.6 Å². The molecule has 0 aliphatic heterocycles. The summed E-state index contributed by atoms with van der Waals surface area (Å²) in [7, 11) is 0. The molecule has 3 N–H and O–H groups in total. The Morgan fingerprint density at radius 2 is 1.89 bits per heavy atom. The molecule has 0 saturated heterocycles. The molecular formula is C27H38N6OS2. The number of hydrogen-bond acceptors (Lipinski definition) is 8. The average molecular weight is 527 g/mol. The maximum Gasteiger partial charge on any atom is 0.224 e. The van der Waals surface area contributed by atoms with Gasteiger partial charge in [-0.3, -0.25) is 4.79 Å². The first kappa shape index (κ1) is 29.3. The first-order valence-electron chi connectivity index (χ1n) is 12.2. The van der Waals surface area contributed by atoms with Crippen molar-refractivity contribution in [3.05, 3.63) is 65.2 Å². The quantitative estimate of drug-likeness (QED) is 0.126. The number of carbonyl (C=O) groups excluding carboxylic acids is 1. The number of aromatic nitrogens is 3. The molecule has 2 aromatic rings. The third-order valence-electron chi connectivity index (χ3n) is 5.51. The highest BCUT2D eigenvalue weighted by Crippen LogP contribution is 2.35. The van der Waals surface area contributed by atoms with E-state index in [1.54, 1.807) is 35.3 Å². The van der Waals surface area contributed by atoms with E-state index in [-0.39, 0.29) is 0 Å². The van der Waals surface area contributed by atoms with Gasteiger partial charge in [0.25, 0.3) is 0 Å². The van der Waals surface area contributed by atoms with Gasteiger partial charge in [-0.05, 0) is 31.6 Å². The number of thiazole rings is 1. The van der Waals surface area contributed by atoms with E-state index in [9.17, 15) is 4.79 Å². The van der Waals surface area contributed by atoms with Crippen LogP contribution in [0.1, 0.15) is 36.0 Å². The van der Waals surface area contributed by atoms with E-state index in [4.69, 9.17) is 15.0 Å². The van der Waals surface area contributed by atoms with E-state index in [1.165, 1.54) is 4.88 Å². The lowest BCUT2D eigenvalue weighted by Crippen LogP contribution is -2.23. The van der Waals surface area contributed by atoms with Gasteiger partial charge in [0, 0.05) is 36.7 Å². The molecule has 7 nitrogen and oxygen atoms in total. The van der Waals surface area contributed by atoms with Crippen molar-refractivity contribution in [3.63, 3.8) is 0 Å². The minimum Gasteiger partial charge on any atom is -0.369 e. The fraction of sp³-hybridized carbons (Fsp3) is 0.407. The number of nitrogens with zero attached hydrogens (tertiary/aromatic N) is 3. The van der Waals surface area contributed by atoms with Crippen LogP contribution in [0.15, 0.2) is 48.9 Å². The molecule has 2 heterocycles. The van der Waals surface area contributed by atoms with Gasteiger partial charge in [0.2, 0.25) is 12.4 Å². The summed E-state index contributed by atoms with van der Waals surface area (Å²) < 4.78 is 0. The molecule has 0 spiro atoms. The second-order valence-corrected chi connectivity index (χ2v) is 10.3. The molecule has 2 aromatic heterocycles. The van der Waals surface area contributed by atoms with E-state index in [0.717, 1.165) is 72.3 Å². The molecule has 0 saturated carbocycles. The van der Waals surface area contributed by atoms with E-state index in [1.807, 2.05) is 24.5 Å². The predicted molar refractivity (Wildman–Crippen MR) is 157 cm³/mol. The summed E-state index contributed by atoms with van der Waals surface area (Å²) in [5, 5.41) is 12.6. The molecule has 0 bridgehead atoms. The van der Waals surface area contributed by atoms with Gasteiger partial charge in [0.1, 0.15) is 10.8 Å². The van der Waals surface area contributed by atoms with Gasteiger partial charge in [0.05, 0.1) is 17.0 Å². The number of allylic oxidation sites excluding steroid dienone is 5. The normalized spacial score (nSPS) is 12.1. The minimum atomic E-state index is 0.401. The van der Waals surface area contributed by atoms with Crippen molar-refractivity contribution in [2.75, 3.05) is 36.0 Å². The minimum absolute atomic E-state index is 0.401. The topological polar surface area (TPSA) is 91.8 Å². The van der Waals surface area contributed by atoms with Crippen molar-refractivity contribution in [2.24, 2.45) is 5.92 Å². The molecule has 0 aliphatic carbocycles. The number of anilines is 2. The third-order valence-corrected chi connectivity index (χ3v) is 7.33. The molecular weight excluding hydrogens is 488 g/mol. The lowest BCUT2D eigenvalue weighted by atomic mass is 10.0. The molecule has 36 heavy (non-hydrogen) atoms. The number of rotatable bonds is 18. The zero-order valence-electron chi connectivity index (χ0n) is 21.5.